The highest BCUT2D eigenvalue weighted by atomic mass is 32.3. The minimum Gasteiger partial charge on any atom is -0.399 e. The third kappa shape index (κ3) is 4.28. The van der Waals surface area contributed by atoms with Gasteiger partial charge >= 0.3 is 10.4 Å². The van der Waals surface area contributed by atoms with Crippen LogP contribution < -0.4 is 11.5 Å². The number of fused-ring (bicyclic) bond motifs is 2. The number of benzene rings is 2. The summed E-state index contributed by atoms with van der Waals surface area (Å²) in [5.41, 5.74) is 14.9. The molecular weight excluding hydrogens is 294 g/mol. The molecule has 0 atom stereocenters. The van der Waals surface area contributed by atoms with Crippen molar-refractivity contribution in [1.82, 2.24) is 4.98 Å². The van der Waals surface area contributed by atoms with Crippen molar-refractivity contribution >= 4 is 43.6 Å². The quantitative estimate of drug-likeness (QED) is 0.282. The Balaban J connectivity index is 0.000000282. The van der Waals surface area contributed by atoms with E-state index >= 15 is 0 Å². The molecule has 1 aromatic heterocycles. The molecule has 0 spiro atoms. The van der Waals surface area contributed by atoms with Gasteiger partial charge in [-0.15, -0.1) is 0 Å². The van der Waals surface area contributed by atoms with Crippen LogP contribution in [0.4, 0.5) is 11.4 Å². The maximum atomic E-state index is 8.74. The van der Waals surface area contributed by atoms with Gasteiger partial charge in [0.25, 0.3) is 0 Å². The van der Waals surface area contributed by atoms with Crippen LogP contribution >= 0.6 is 0 Å². The normalized spacial score (nSPS) is 11.1. The number of nitrogen functional groups attached to an aromatic ring is 2. The smallest absolute Gasteiger partial charge is 0.394 e. The standard InChI is InChI=1S/C13H11N3.H2O4S/c14-10-1-3-12-8(6-10)5-9-7-11(15)2-4-13(9)16-12;1-5(2,3)4/h1-7H,14-15H2;(H2,1,2,3,4). The summed E-state index contributed by atoms with van der Waals surface area (Å²) in [7, 11) is -4.67. The third-order valence-electron chi connectivity index (χ3n) is 2.66. The first-order valence-electron chi connectivity index (χ1n) is 5.78. The lowest BCUT2D eigenvalue weighted by Gasteiger charge is -2.03. The van der Waals surface area contributed by atoms with Crippen molar-refractivity contribution in [3.8, 4) is 0 Å². The second-order valence-corrected chi connectivity index (χ2v) is 5.24. The second kappa shape index (κ2) is 5.52. The third-order valence-corrected chi connectivity index (χ3v) is 2.66. The zero-order valence-electron chi connectivity index (χ0n) is 10.8. The maximum absolute atomic E-state index is 8.74. The zero-order valence-corrected chi connectivity index (χ0v) is 11.6. The summed E-state index contributed by atoms with van der Waals surface area (Å²) in [4.78, 5) is 4.55. The van der Waals surface area contributed by atoms with Crippen LogP contribution in [0.2, 0.25) is 0 Å². The summed E-state index contributed by atoms with van der Waals surface area (Å²) in [6.45, 7) is 0. The predicted molar refractivity (Wildman–Crippen MR) is 82.3 cm³/mol. The van der Waals surface area contributed by atoms with Crippen molar-refractivity contribution < 1.29 is 17.5 Å². The van der Waals surface area contributed by atoms with Gasteiger partial charge in [0.1, 0.15) is 0 Å². The van der Waals surface area contributed by atoms with Gasteiger partial charge in [-0.1, -0.05) is 0 Å². The first-order valence-corrected chi connectivity index (χ1v) is 7.17. The molecule has 8 heteroatoms. The molecule has 0 bridgehead atoms. The first-order chi connectivity index (χ1) is 9.72. The molecule has 3 rings (SSSR count). The molecule has 0 amide bonds. The van der Waals surface area contributed by atoms with Crippen LogP contribution in [0.5, 0.6) is 0 Å². The molecule has 0 aliphatic rings. The van der Waals surface area contributed by atoms with E-state index in [1.54, 1.807) is 0 Å². The highest BCUT2D eigenvalue weighted by molar-refractivity contribution is 7.79. The van der Waals surface area contributed by atoms with E-state index in [4.69, 9.17) is 29.0 Å². The van der Waals surface area contributed by atoms with Gasteiger partial charge in [-0.2, -0.15) is 8.42 Å². The minimum atomic E-state index is -4.67. The van der Waals surface area contributed by atoms with Gasteiger partial charge in [0.15, 0.2) is 0 Å². The first kappa shape index (κ1) is 15.0. The maximum Gasteiger partial charge on any atom is 0.394 e. The average Bonchev–Trinajstić information content (AvgIpc) is 2.34. The lowest BCUT2D eigenvalue weighted by molar-refractivity contribution is 0.381. The molecule has 21 heavy (non-hydrogen) atoms. The fourth-order valence-corrected chi connectivity index (χ4v) is 1.88. The van der Waals surface area contributed by atoms with E-state index in [1.165, 1.54) is 0 Å². The molecule has 110 valence electrons. The fourth-order valence-electron chi connectivity index (χ4n) is 1.88. The van der Waals surface area contributed by atoms with Gasteiger partial charge in [-0.25, -0.2) is 4.98 Å². The molecule has 0 unspecified atom stereocenters. The van der Waals surface area contributed by atoms with Crippen molar-refractivity contribution in [3.63, 3.8) is 0 Å². The second-order valence-electron chi connectivity index (χ2n) is 4.34. The number of anilines is 2. The Morgan fingerprint density at radius 2 is 1.19 bits per heavy atom. The largest absolute Gasteiger partial charge is 0.399 e. The molecule has 7 nitrogen and oxygen atoms in total. The predicted octanol–water partition coefficient (Wildman–Crippen LogP) is 1.90. The molecule has 0 radical (unpaired) electrons. The number of aromatic nitrogens is 1. The van der Waals surface area contributed by atoms with E-state index in [0.717, 1.165) is 33.2 Å². The van der Waals surface area contributed by atoms with E-state index in [2.05, 4.69) is 11.1 Å². The number of nitrogens with two attached hydrogens (primary N) is 2. The Bertz CT molecular complexity index is 845. The molecule has 1 heterocycles. The van der Waals surface area contributed by atoms with E-state index in [9.17, 15) is 0 Å². The Labute approximate surface area is 120 Å². The highest BCUT2D eigenvalue weighted by Crippen LogP contribution is 2.22. The number of hydrogen-bond acceptors (Lipinski definition) is 5. The number of rotatable bonds is 0. The zero-order chi connectivity index (χ0) is 15.6. The van der Waals surface area contributed by atoms with Crippen LogP contribution in [0.25, 0.3) is 21.8 Å². The van der Waals surface area contributed by atoms with Gasteiger partial charge in [0, 0.05) is 22.1 Å². The van der Waals surface area contributed by atoms with Gasteiger partial charge in [0.2, 0.25) is 0 Å². The van der Waals surface area contributed by atoms with E-state index in [1.807, 2.05) is 36.4 Å². The van der Waals surface area contributed by atoms with Crippen molar-refractivity contribution in [2.45, 2.75) is 0 Å². The van der Waals surface area contributed by atoms with E-state index in [0.29, 0.717) is 0 Å². The van der Waals surface area contributed by atoms with Crippen LogP contribution in [-0.2, 0) is 10.4 Å². The van der Waals surface area contributed by atoms with Crippen molar-refractivity contribution in [2.24, 2.45) is 0 Å². The summed E-state index contributed by atoms with van der Waals surface area (Å²) >= 11 is 0. The Morgan fingerprint density at radius 1 is 0.810 bits per heavy atom. The minimum absolute atomic E-state index is 0.748. The van der Waals surface area contributed by atoms with Crippen molar-refractivity contribution in [2.75, 3.05) is 11.5 Å². The molecule has 0 saturated carbocycles. The SMILES string of the molecule is Nc1ccc2nc3ccc(N)cc3cc2c1.O=S(=O)(O)O. The highest BCUT2D eigenvalue weighted by Gasteiger charge is 2.00. The molecule has 6 N–H and O–H groups in total. The van der Waals surface area contributed by atoms with Gasteiger partial charge in [-0.3, -0.25) is 9.11 Å². The fraction of sp³-hybridized carbons (Fsp3) is 0. The molecular formula is C13H13N3O4S. The Hall–Kier alpha value is -2.42. The monoisotopic (exact) mass is 307 g/mol. The molecule has 0 aliphatic carbocycles. The number of nitrogens with zero attached hydrogens (tertiary/aromatic N) is 1. The summed E-state index contributed by atoms with van der Waals surface area (Å²) in [5, 5.41) is 2.08. The summed E-state index contributed by atoms with van der Waals surface area (Å²) < 4.78 is 31.6. The average molecular weight is 307 g/mol. The summed E-state index contributed by atoms with van der Waals surface area (Å²) in [6, 6.07) is 13.5. The van der Waals surface area contributed by atoms with Crippen LogP contribution in [0, 0.1) is 0 Å². The molecule has 0 saturated heterocycles. The van der Waals surface area contributed by atoms with Crippen LogP contribution in [0.1, 0.15) is 0 Å². The summed E-state index contributed by atoms with van der Waals surface area (Å²) in [5.74, 6) is 0. The summed E-state index contributed by atoms with van der Waals surface area (Å²) in [6.07, 6.45) is 0. The van der Waals surface area contributed by atoms with Gasteiger partial charge in [-0.05, 0) is 42.5 Å². The lowest BCUT2D eigenvalue weighted by Crippen LogP contribution is -1.89. The van der Waals surface area contributed by atoms with Crippen LogP contribution in [0.3, 0.4) is 0 Å². The number of pyridine rings is 1. The lowest BCUT2D eigenvalue weighted by atomic mass is 10.1. The van der Waals surface area contributed by atoms with Crippen LogP contribution in [0.15, 0.2) is 42.5 Å². The molecule has 0 fully saturated rings. The topological polar surface area (TPSA) is 140 Å². The Morgan fingerprint density at radius 3 is 1.57 bits per heavy atom. The molecule has 2 aromatic carbocycles. The number of hydrogen-bond donors (Lipinski definition) is 4. The molecule has 0 aliphatic heterocycles. The van der Waals surface area contributed by atoms with E-state index < -0.39 is 10.4 Å². The van der Waals surface area contributed by atoms with Gasteiger partial charge < -0.3 is 11.5 Å². The van der Waals surface area contributed by atoms with E-state index in [-0.39, 0.29) is 0 Å². The van der Waals surface area contributed by atoms with Crippen LogP contribution in [-0.4, -0.2) is 22.5 Å². The van der Waals surface area contributed by atoms with Crippen molar-refractivity contribution in [3.05, 3.63) is 42.5 Å². The van der Waals surface area contributed by atoms with Gasteiger partial charge in [0.05, 0.1) is 11.0 Å². The van der Waals surface area contributed by atoms with Crippen molar-refractivity contribution in [1.29, 1.82) is 0 Å². The molecule has 3 aromatic rings. The Kier molecular flexibility index (Phi) is 3.94.